The zero-order valence-electron chi connectivity index (χ0n) is 12.9. The van der Waals surface area contributed by atoms with E-state index in [1.807, 2.05) is 31.2 Å². The summed E-state index contributed by atoms with van der Waals surface area (Å²) >= 11 is 0. The van der Waals surface area contributed by atoms with Crippen LogP contribution in [0, 0.1) is 12.7 Å². The van der Waals surface area contributed by atoms with Crippen molar-refractivity contribution in [1.29, 1.82) is 0 Å². The molecule has 0 aliphatic carbocycles. The number of rotatable bonds is 4. The van der Waals surface area contributed by atoms with Gasteiger partial charge in [0.25, 0.3) is 0 Å². The summed E-state index contributed by atoms with van der Waals surface area (Å²) in [6, 6.07) is 11.9. The number of halogens is 1. The van der Waals surface area contributed by atoms with Gasteiger partial charge in [-0.15, -0.1) is 0 Å². The summed E-state index contributed by atoms with van der Waals surface area (Å²) in [4.78, 5) is 14.2. The Morgan fingerprint density at radius 3 is 2.74 bits per heavy atom. The molecular weight excluding hydrogens is 295 g/mol. The normalized spacial score (nSPS) is 17.7. The highest BCUT2D eigenvalue weighted by Gasteiger charge is 2.32. The Balaban J connectivity index is 1.65. The van der Waals surface area contributed by atoms with Crippen LogP contribution < -0.4 is 10.2 Å². The van der Waals surface area contributed by atoms with E-state index in [0.29, 0.717) is 18.5 Å². The Kier molecular flexibility index (Phi) is 4.30. The number of hydrogen-bond acceptors (Lipinski definition) is 3. The minimum atomic E-state index is -0.650. The Morgan fingerprint density at radius 2 is 2.00 bits per heavy atom. The lowest BCUT2D eigenvalue weighted by atomic mass is 10.1. The van der Waals surface area contributed by atoms with Crippen molar-refractivity contribution in [2.24, 2.45) is 0 Å². The van der Waals surface area contributed by atoms with E-state index in [2.05, 4.69) is 5.32 Å². The van der Waals surface area contributed by atoms with E-state index in [4.69, 9.17) is 0 Å². The maximum atomic E-state index is 13.3. The molecule has 23 heavy (non-hydrogen) atoms. The van der Waals surface area contributed by atoms with Crippen molar-refractivity contribution in [2.75, 3.05) is 11.4 Å². The van der Waals surface area contributed by atoms with Gasteiger partial charge in [0, 0.05) is 24.3 Å². The quantitative estimate of drug-likeness (QED) is 0.912. The van der Waals surface area contributed by atoms with Gasteiger partial charge in [0.15, 0.2) is 11.6 Å². The maximum absolute atomic E-state index is 13.3. The maximum Gasteiger partial charge on any atom is 0.244 e. The molecule has 1 aliphatic rings. The molecule has 2 N–H and O–H groups in total. The molecule has 0 aromatic heterocycles. The number of para-hydroxylation sites is 1. The number of nitrogens with zero attached hydrogens (tertiary/aromatic N) is 1. The second-order valence-corrected chi connectivity index (χ2v) is 5.80. The summed E-state index contributed by atoms with van der Waals surface area (Å²) in [5, 5.41) is 12.8. The summed E-state index contributed by atoms with van der Waals surface area (Å²) in [7, 11) is 0. The molecule has 120 valence electrons. The third-order valence-electron chi connectivity index (χ3n) is 4.16. The number of benzene rings is 2. The van der Waals surface area contributed by atoms with Crippen LogP contribution >= 0.6 is 0 Å². The molecular formula is C18H19FN2O2. The average Bonchev–Trinajstić information content (AvgIpc) is 2.91. The van der Waals surface area contributed by atoms with E-state index in [9.17, 15) is 14.3 Å². The fourth-order valence-corrected chi connectivity index (χ4v) is 2.79. The van der Waals surface area contributed by atoms with Crippen molar-refractivity contribution < 1.29 is 14.3 Å². The molecule has 4 nitrogen and oxygen atoms in total. The molecule has 1 fully saturated rings. The number of amides is 1. The molecule has 0 spiro atoms. The number of aryl methyl sites for hydroxylation is 1. The third kappa shape index (κ3) is 3.19. The summed E-state index contributed by atoms with van der Waals surface area (Å²) < 4.78 is 13.3. The number of phenolic OH excluding ortho intramolecular Hbond substituents is 1. The minimum absolute atomic E-state index is 0.00439. The van der Waals surface area contributed by atoms with E-state index in [-0.39, 0.29) is 24.2 Å². The van der Waals surface area contributed by atoms with Gasteiger partial charge in [-0.2, -0.15) is 0 Å². The summed E-state index contributed by atoms with van der Waals surface area (Å²) in [5.74, 6) is -1.01. The Hall–Kier alpha value is -2.40. The molecule has 1 heterocycles. The summed E-state index contributed by atoms with van der Waals surface area (Å²) in [6.07, 6.45) is 0.683. The van der Waals surface area contributed by atoms with E-state index >= 15 is 0 Å². The molecule has 1 unspecified atom stereocenters. The number of anilines is 1. The third-order valence-corrected chi connectivity index (χ3v) is 4.16. The standard InChI is InChI=1S/C18H19FN2O2/c1-12-5-7-14(8-6-12)21-10-9-16(18(21)23)20-11-13-3-2-4-15(19)17(13)22/h2-8,16,20,22H,9-11H2,1H3. The fourth-order valence-electron chi connectivity index (χ4n) is 2.79. The van der Waals surface area contributed by atoms with Crippen molar-refractivity contribution >= 4 is 11.6 Å². The lowest BCUT2D eigenvalue weighted by Gasteiger charge is -2.17. The number of aromatic hydroxyl groups is 1. The van der Waals surface area contributed by atoms with Gasteiger partial charge in [-0.3, -0.25) is 4.79 Å². The number of nitrogens with one attached hydrogen (secondary N) is 1. The molecule has 5 heteroatoms. The van der Waals surface area contributed by atoms with Gasteiger partial charge in [0.1, 0.15) is 0 Å². The molecule has 1 saturated heterocycles. The van der Waals surface area contributed by atoms with Crippen LogP contribution in [0.3, 0.4) is 0 Å². The Morgan fingerprint density at radius 1 is 1.26 bits per heavy atom. The Labute approximate surface area is 134 Å². The van der Waals surface area contributed by atoms with E-state index in [0.717, 1.165) is 11.3 Å². The van der Waals surface area contributed by atoms with Crippen LogP contribution in [0.25, 0.3) is 0 Å². The van der Waals surface area contributed by atoms with Crippen LogP contribution in [0.1, 0.15) is 17.5 Å². The van der Waals surface area contributed by atoms with Crippen molar-refractivity contribution in [2.45, 2.75) is 25.9 Å². The van der Waals surface area contributed by atoms with Gasteiger partial charge in [-0.1, -0.05) is 29.8 Å². The molecule has 0 bridgehead atoms. The van der Waals surface area contributed by atoms with Crippen LogP contribution in [0.4, 0.5) is 10.1 Å². The molecule has 2 aromatic rings. The van der Waals surface area contributed by atoms with Gasteiger partial charge in [0.2, 0.25) is 5.91 Å². The molecule has 1 atom stereocenters. The first-order chi connectivity index (χ1) is 11.1. The van der Waals surface area contributed by atoms with E-state index < -0.39 is 5.82 Å². The molecule has 0 saturated carbocycles. The predicted molar refractivity (Wildman–Crippen MR) is 86.8 cm³/mol. The minimum Gasteiger partial charge on any atom is -0.505 e. The lowest BCUT2D eigenvalue weighted by Crippen LogP contribution is -2.38. The highest BCUT2D eigenvalue weighted by molar-refractivity contribution is 5.99. The zero-order valence-corrected chi connectivity index (χ0v) is 12.9. The SMILES string of the molecule is Cc1ccc(N2CCC(NCc3cccc(F)c3O)C2=O)cc1. The summed E-state index contributed by atoms with van der Waals surface area (Å²) in [5.41, 5.74) is 2.49. The number of carbonyl (C=O) groups excluding carboxylic acids is 1. The summed E-state index contributed by atoms with van der Waals surface area (Å²) in [6.45, 7) is 2.90. The van der Waals surface area contributed by atoms with Crippen LogP contribution in [0.5, 0.6) is 5.75 Å². The number of hydrogen-bond donors (Lipinski definition) is 2. The van der Waals surface area contributed by atoms with Gasteiger partial charge >= 0.3 is 0 Å². The molecule has 1 amide bonds. The number of carbonyl (C=O) groups is 1. The van der Waals surface area contributed by atoms with Crippen molar-refractivity contribution in [1.82, 2.24) is 5.32 Å². The highest BCUT2D eigenvalue weighted by atomic mass is 19.1. The van der Waals surface area contributed by atoms with Crippen LogP contribution in [-0.4, -0.2) is 23.6 Å². The van der Waals surface area contributed by atoms with E-state index in [1.54, 1.807) is 17.0 Å². The monoisotopic (exact) mass is 314 g/mol. The lowest BCUT2D eigenvalue weighted by molar-refractivity contribution is -0.118. The first kappa shape index (κ1) is 15.5. The molecule has 0 radical (unpaired) electrons. The fraction of sp³-hybridized carbons (Fsp3) is 0.278. The van der Waals surface area contributed by atoms with Gasteiger partial charge in [-0.05, 0) is 31.5 Å². The second-order valence-electron chi connectivity index (χ2n) is 5.80. The van der Waals surface area contributed by atoms with Crippen LogP contribution in [0.15, 0.2) is 42.5 Å². The van der Waals surface area contributed by atoms with Gasteiger partial charge in [0.05, 0.1) is 6.04 Å². The van der Waals surface area contributed by atoms with Gasteiger partial charge in [-0.25, -0.2) is 4.39 Å². The van der Waals surface area contributed by atoms with Crippen molar-refractivity contribution in [3.63, 3.8) is 0 Å². The smallest absolute Gasteiger partial charge is 0.244 e. The zero-order chi connectivity index (χ0) is 16.4. The molecule has 2 aromatic carbocycles. The average molecular weight is 314 g/mol. The van der Waals surface area contributed by atoms with Gasteiger partial charge < -0.3 is 15.3 Å². The topological polar surface area (TPSA) is 52.6 Å². The van der Waals surface area contributed by atoms with Crippen LogP contribution in [0.2, 0.25) is 0 Å². The largest absolute Gasteiger partial charge is 0.505 e. The van der Waals surface area contributed by atoms with E-state index in [1.165, 1.54) is 6.07 Å². The number of phenols is 1. The van der Waals surface area contributed by atoms with Crippen LogP contribution in [-0.2, 0) is 11.3 Å². The second kappa shape index (κ2) is 6.38. The van der Waals surface area contributed by atoms with Crippen molar-refractivity contribution in [3.05, 3.63) is 59.4 Å². The molecule has 3 rings (SSSR count). The first-order valence-corrected chi connectivity index (χ1v) is 7.64. The first-order valence-electron chi connectivity index (χ1n) is 7.64. The predicted octanol–water partition coefficient (Wildman–Crippen LogP) is 2.73. The molecule has 1 aliphatic heterocycles. The Bertz CT molecular complexity index is 715. The highest BCUT2D eigenvalue weighted by Crippen LogP contribution is 2.24. The van der Waals surface area contributed by atoms with Crippen molar-refractivity contribution in [3.8, 4) is 5.75 Å².